The van der Waals surface area contributed by atoms with Crippen LogP contribution in [-0.2, 0) is 27.1 Å². The van der Waals surface area contributed by atoms with E-state index in [2.05, 4.69) is 360 Å². The number of hydrogen-bond donors (Lipinski definition) is 0. The largest absolute Gasteiger partial charge is 0.0714 e. The molecule has 0 nitrogen and oxygen atoms in total. The van der Waals surface area contributed by atoms with E-state index in [9.17, 15) is 0 Å². The molecule has 0 saturated heterocycles. The van der Waals surface area contributed by atoms with Crippen molar-refractivity contribution < 1.29 is 0 Å². The van der Waals surface area contributed by atoms with Crippen LogP contribution in [-0.4, -0.2) is 0 Å². The molecule has 0 spiro atoms. The third kappa shape index (κ3) is 7.95. The first kappa shape index (κ1) is 58.4. The molecule has 0 saturated carbocycles. The molecular weight excluding hydrogens is 1180 g/mol. The second-order valence-electron chi connectivity index (χ2n) is 30.6. The number of benzene rings is 14. The van der Waals surface area contributed by atoms with E-state index in [-0.39, 0.29) is 21.7 Å². The molecule has 0 fully saturated rings. The van der Waals surface area contributed by atoms with Crippen LogP contribution in [0.3, 0.4) is 0 Å². The third-order valence-corrected chi connectivity index (χ3v) is 24.1. The molecule has 0 aliphatic heterocycles. The maximum atomic E-state index is 2.65. The summed E-state index contributed by atoms with van der Waals surface area (Å²) in [5.74, 6) is 0. The van der Waals surface area contributed by atoms with Crippen LogP contribution in [0, 0.1) is 6.92 Å². The van der Waals surface area contributed by atoms with E-state index in [0.717, 1.165) is 0 Å². The summed E-state index contributed by atoms with van der Waals surface area (Å²) in [4.78, 5) is 0. The van der Waals surface area contributed by atoms with Crippen LogP contribution in [0.2, 0.25) is 0 Å². The van der Waals surface area contributed by atoms with Gasteiger partial charge < -0.3 is 0 Å². The van der Waals surface area contributed by atoms with Crippen molar-refractivity contribution in [1.82, 2.24) is 0 Å². The summed E-state index contributed by atoms with van der Waals surface area (Å²) >= 11 is 0. The molecule has 0 unspecified atom stereocenters. The van der Waals surface area contributed by atoms with Crippen LogP contribution in [0.25, 0.3) is 122 Å². The number of fused-ring (bicyclic) bond motifs is 15. The third-order valence-electron chi connectivity index (χ3n) is 24.1. The molecule has 468 valence electrons. The number of hydrogen-bond acceptors (Lipinski definition) is 0. The van der Waals surface area contributed by atoms with Crippen molar-refractivity contribution in [3.63, 3.8) is 0 Å². The zero-order valence-corrected chi connectivity index (χ0v) is 57.3. The Morgan fingerprint density at radius 3 is 0.837 bits per heavy atom. The van der Waals surface area contributed by atoms with Crippen LogP contribution < -0.4 is 0 Å². The van der Waals surface area contributed by atoms with E-state index in [1.807, 2.05) is 0 Å². The van der Waals surface area contributed by atoms with Crippen molar-refractivity contribution in [1.29, 1.82) is 0 Å². The lowest BCUT2D eigenvalue weighted by atomic mass is 9.65. The second kappa shape index (κ2) is 20.8. The summed E-state index contributed by atoms with van der Waals surface area (Å²) in [5.41, 5.74) is 43.0. The Balaban J connectivity index is 1.02. The van der Waals surface area contributed by atoms with Gasteiger partial charge in [-0.3, -0.25) is 0 Å². The summed E-state index contributed by atoms with van der Waals surface area (Å²) in [6.45, 7) is 21.6. The fraction of sp³-hybridized carbons (Fsp3) is 0.143. The minimum absolute atomic E-state index is 0.209. The van der Waals surface area contributed by atoms with Gasteiger partial charge in [0.2, 0.25) is 0 Å². The molecule has 0 heterocycles. The highest BCUT2D eigenvalue weighted by atomic mass is 14.5. The predicted molar refractivity (Wildman–Crippen MR) is 411 cm³/mol. The molecule has 0 amide bonds. The topological polar surface area (TPSA) is 0 Å². The summed E-state index contributed by atoms with van der Waals surface area (Å²) in [6, 6.07) is 116. The van der Waals surface area contributed by atoms with E-state index in [0.29, 0.717) is 0 Å². The van der Waals surface area contributed by atoms with Gasteiger partial charge in [-0.25, -0.2) is 0 Å². The lowest BCUT2D eigenvalue weighted by molar-refractivity contribution is 0.660. The molecule has 0 heteroatoms. The number of aryl methyl sites for hydroxylation is 1. The zero-order chi connectivity index (χ0) is 66.4. The molecule has 0 N–H and O–H groups in total. The molecule has 98 heavy (non-hydrogen) atoms. The van der Waals surface area contributed by atoms with Crippen LogP contribution in [0.5, 0.6) is 0 Å². The smallest absolute Gasteiger partial charge is 0.0622 e. The molecule has 0 atom stereocenters. The Hall–Kier alpha value is -10.9. The zero-order valence-electron chi connectivity index (χ0n) is 57.3. The Morgan fingerprint density at radius 2 is 0.459 bits per heavy atom. The SMILES string of the molecule is Cc1ccccc1-c1cccc2c1-c1ccc(-c3ccccc3)cc1C2(c1cc(-c2cccc3c2-c2ccccc2C3(C)C)cc(-c2cccc3c2-c2ccccc2C3(C)C)c1)c1cc(-c2cccc3c2-c2ccccc2C3(C)C)cc(-c2cccc3c2-c2ccccc2C3(C)C)c1. The average molecular weight is 1250 g/mol. The highest BCUT2D eigenvalue weighted by Gasteiger charge is 2.50. The fourth-order valence-corrected chi connectivity index (χ4v) is 19.4. The van der Waals surface area contributed by atoms with Crippen molar-refractivity contribution >= 4 is 0 Å². The average Bonchev–Trinajstić information content (AvgIpc) is 1.14. The normalized spacial score (nSPS) is 15.6. The summed E-state index contributed by atoms with van der Waals surface area (Å²) in [6.07, 6.45) is 0. The lowest BCUT2D eigenvalue weighted by Gasteiger charge is -2.36. The van der Waals surface area contributed by atoms with E-state index in [1.54, 1.807) is 0 Å². The second-order valence-corrected chi connectivity index (χ2v) is 30.6. The van der Waals surface area contributed by atoms with Gasteiger partial charge in [0.05, 0.1) is 5.41 Å². The molecule has 0 radical (unpaired) electrons. The minimum atomic E-state index is -0.960. The van der Waals surface area contributed by atoms with Gasteiger partial charge in [-0.15, -0.1) is 0 Å². The molecule has 19 rings (SSSR count). The molecule has 14 aromatic carbocycles. The van der Waals surface area contributed by atoms with Crippen molar-refractivity contribution in [2.75, 3.05) is 0 Å². The summed E-state index contributed by atoms with van der Waals surface area (Å²) in [5, 5.41) is 0. The van der Waals surface area contributed by atoms with Crippen molar-refractivity contribution in [3.8, 4) is 122 Å². The van der Waals surface area contributed by atoms with Crippen molar-refractivity contribution in [2.45, 2.75) is 89.4 Å². The maximum Gasteiger partial charge on any atom is 0.0714 e. The first-order valence-corrected chi connectivity index (χ1v) is 35.2. The lowest BCUT2D eigenvalue weighted by Crippen LogP contribution is -2.29. The minimum Gasteiger partial charge on any atom is -0.0622 e. The van der Waals surface area contributed by atoms with Gasteiger partial charge in [-0.2, -0.15) is 0 Å². The maximum absolute atomic E-state index is 2.65. The molecular formula is C98H76. The van der Waals surface area contributed by atoms with E-state index in [4.69, 9.17) is 0 Å². The molecule has 0 aromatic heterocycles. The summed E-state index contributed by atoms with van der Waals surface area (Å²) in [7, 11) is 0. The first-order valence-electron chi connectivity index (χ1n) is 35.2. The standard InChI is InChI=1S/C98H76/c1-59-28-13-14-31-68(59)73-40-27-49-87-93(73)78-51-50-61(60-29-11-10-12-30-60)58-88(78)98(87,66-54-62(69-36-23-45-83-89(69)74-32-15-19-41-79(74)94(83,2)3)52-63(55-66)70-37-24-46-84-90(70)75-33-16-20-42-80(75)95(84,4)5)67-56-64(71-38-25-47-85-91(71)76-34-17-21-43-81(76)96(85,6)7)53-65(57-67)72-39-26-48-86-92(72)77-35-18-22-44-82(77)97(86,8)9/h10-58H,1-9H3. The Bertz CT molecular complexity index is 5240. The molecule has 5 aliphatic rings. The van der Waals surface area contributed by atoms with E-state index in [1.165, 1.54) is 195 Å². The van der Waals surface area contributed by atoms with Gasteiger partial charge in [-0.1, -0.05) is 310 Å². The van der Waals surface area contributed by atoms with Crippen LogP contribution in [0.15, 0.2) is 297 Å². The van der Waals surface area contributed by atoms with Crippen LogP contribution in [0.4, 0.5) is 0 Å². The quantitative estimate of drug-likeness (QED) is 0.142. The summed E-state index contributed by atoms with van der Waals surface area (Å²) < 4.78 is 0. The van der Waals surface area contributed by atoms with Gasteiger partial charge in [-0.05, 0) is 244 Å². The Morgan fingerprint density at radius 1 is 0.173 bits per heavy atom. The highest BCUT2D eigenvalue weighted by Crippen LogP contribution is 2.64. The van der Waals surface area contributed by atoms with E-state index >= 15 is 0 Å². The van der Waals surface area contributed by atoms with Gasteiger partial charge >= 0.3 is 0 Å². The van der Waals surface area contributed by atoms with Crippen LogP contribution in [0.1, 0.15) is 128 Å². The fourth-order valence-electron chi connectivity index (χ4n) is 19.4. The van der Waals surface area contributed by atoms with Crippen LogP contribution >= 0.6 is 0 Å². The monoisotopic (exact) mass is 1250 g/mol. The predicted octanol–water partition coefficient (Wildman–Crippen LogP) is 25.6. The first-order chi connectivity index (χ1) is 47.6. The number of rotatable bonds is 8. The Kier molecular flexibility index (Phi) is 12.4. The van der Waals surface area contributed by atoms with E-state index < -0.39 is 5.41 Å². The van der Waals surface area contributed by atoms with Gasteiger partial charge in [0, 0.05) is 21.7 Å². The highest BCUT2D eigenvalue weighted by molar-refractivity contribution is 6.03. The van der Waals surface area contributed by atoms with Crippen molar-refractivity contribution in [2.24, 2.45) is 0 Å². The van der Waals surface area contributed by atoms with Gasteiger partial charge in [0.25, 0.3) is 0 Å². The van der Waals surface area contributed by atoms with Gasteiger partial charge in [0.15, 0.2) is 0 Å². The Labute approximate surface area is 577 Å². The molecule has 14 aromatic rings. The molecule has 5 aliphatic carbocycles. The van der Waals surface area contributed by atoms with Gasteiger partial charge in [0.1, 0.15) is 0 Å². The van der Waals surface area contributed by atoms with Crippen molar-refractivity contribution in [3.05, 3.63) is 370 Å². The molecule has 0 bridgehead atoms.